The van der Waals surface area contributed by atoms with Crippen LogP contribution in [0.15, 0.2) is 23.8 Å². The Morgan fingerprint density at radius 3 is 2.75 bits per heavy atom. The van der Waals surface area contributed by atoms with Gasteiger partial charge in [-0.15, -0.1) is 0 Å². The predicted molar refractivity (Wildman–Crippen MR) is 32.5 cm³/mol. The van der Waals surface area contributed by atoms with Crippen molar-refractivity contribution in [2.45, 2.75) is 6.92 Å². The van der Waals surface area contributed by atoms with Gasteiger partial charge in [-0.3, -0.25) is 0 Å². The summed E-state index contributed by atoms with van der Waals surface area (Å²) < 4.78 is 0. The van der Waals surface area contributed by atoms with Crippen molar-refractivity contribution < 1.29 is 4.79 Å². The van der Waals surface area contributed by atoms with Crippen molar-refractivity contribution >= 4 is 6.29 Å². The van der Waals surface area contributed by atoms with Gasteiger partial charge in [0.15, 0.2) is 0 Å². The third-order valence-electron chi connectivity index (χ3n) is 1.35. The highest BCUT2D eigenvalue weighted by atomic mass is 16.1. The van der Waals surface area contributed by atoms with Gasteiger partial charge in [-0.05, 0) is 6.92 Å². The Kier molecular flexibility index (Phi) is 1.29. The number of rotatable bonds is 1. The highest BCUT2D eigenvalue weighted by Gasteiger charge is 2.06. The maximum Gasteiger partial charge on any atom is 0.130 e. The smallest absolute Gasteiger partial charge is 0.130 e. The minimum absolute atomic E-state index is 0.0648. The third kappa shape index (κ3) is 0.713. The van der Waals surface area contributed by atoms with E-state index in [2.05, 4.69) is 0 Å². The molecule has 0 heterocycles. The normalized spacial score (nSPS) is 25.6. The summed E-state index contributed by atoms with van der Waals surface area (Å²) in [6, 6.07) is 0. The van der Waals surface area contributed by atoms with E-state index in [-0.39, 0.29) is 5.92 Å². The molecule has 0 aromatic rings. The van der Waals surface area contributed by atoms with Gasteiger partial charge in [0.25, 0.3) is 0 Å². The molecule has 8 heavy (non-hydrogen) atoms. The first-order valence-corrected chi connectivity index (χ1v) is 2.65. The van der Waals surface area contributed by atoms with Crippen LogP contribution in [0, 0.1) is 5.92 Å². The number of allylic oxidation sites excluding steroid dienone is 4. The molecule has 1 aliphatic rings. The molecule has 0 spiro atoms. The topological polar surface area (TPSA) is 17.1 Å². The first-order chi connectivity index (χ1) is 3.84. The molecule has 0 aromatic heterocycles. The molecular weight excluding hydrogens is 100 g/mol. The Balaban J connectivity index is 2.71. The second-order valence-corrected chi connectivity index (χ2v) is 1.96. The van der Waals surface area contributed by atoms with Crippen molar-refractivity contribution in [2.75, 3.05) is 0 Å². The van der Waals surface area contributed by atoms with E-state index in [9.17, 15) is 4.79 Å². The molecular formula is C7H8O. The fraction of sp³-hybridized carbons (Fsp3) is 0.286. The van der Waals surface area contributed by atoms with E-state index >= 15 is 0 Å². The maximum absolute atomic E-state index is 10.1. The van der Waals surface area contributed by atoms with Crippen LogP contribution in [-0.2, 0) is 4.79 Å². The highest BCUT2D eigenvalue weighted by molar-refractivity contribution is 5.63. The standard InChI is InChI=1S/C7H8O/c1-6-3-2-4-7(6)5-8/h2-5,7H,1H3. The summed E-state index contributed by atoms with van der Waals surface area (Å²) in [6.07, 6.45) is 6.71. The molecule has 0 bridgehead atoms. The molecule has 0 fully saturated rings. The molecule has 1 atom stereocenters. The average molecular weight is 108 g/mol. The van der Waals surface area contributed by atoms with Crippen LogP contribution in [0.3, 0.4) is 0 Å². The average Bonchev–Trinajstić information content (AvgIpc) is 2.14. The van der Waals surface area contributed by atoms with Crippen LogP contribution in [-0.4, -0.2) is 6.29 Å². The van der Waals surface area contributed by atoms with Crippen LogP contribution in [0.4, 0.5) is 0 Å². The van der Waals surface area contributed by atoms with Gasteiger partial charge in [0.2, 0.25) is 0 Å². The van der Waals surface area contributed by atoms with E-state index in [1.165, 1.54) is 0 Å². The van der Waals surface area contributed by atoms with Crippen LogP contribution in [0.1, 0.15) is 6.92 Å². The zero-order chi connectivity index (χ0) is 5.98. The lowest BCUT2D eigenvalue weighted by molar-refractivity contribution is -0.109. The molecule has 0 radical (unpaired) electrons. The lowest BCUT2D eigenvalue weighted by atomic mass is 10.1. The number of hydrogen-bond acceptors (Lipinski definition) is 1. The van der Waals surface area contributed by atoms with Crippen molar-refractivity contribution in [2.24, 2.45) is 5.92 Å². The Morgan fingerprint density at radius 2 is 2.50 bits per heavy atom. The molecule has 42 valence electrons. The van der Waals surface area contributed by atoms with Gasteiger partial charge in [0.1, 0.15) is 6.29 Å². The summed E-state index contributed by atoms with van der Waals surface area (Å²) in [5.41, 5.74) is 1.14. The van der Waals surface area contributed by atoms with Crippen LogP contribution in [0.2, 0.25) is 0 Å². The Morgan fingerprint density at radius 1 is 1.75 bits per heavy atom. The first kappa shape index (κ1) is 5.29. The Hall–Kier alpha value is -0.850. The van der Waals surface area contributed by atoms with E-state index < -0.39 is 0 Å². The Labute approximate surface area is 48.7 Å². The van der Waals surface area contributed by atoms with Crippen molar-refractivity contribution in [3.8, 4) is 0 Å². The van der Waals surface area contributed by atoms with Crippen LogP contribution >= 0.6 is 0 Å². The summed E-state index contributed by atoms with van der Waals surface area (Å²) in [4.78, 5) is 10.1. The lowest BCUT2D eigenvalue weighted by Gasteiger charge is -1.95. The van der Waals surface area contributed by atoms with E-state index in [1.807, 2.05) is 25.2 Å². The van der Waals surface area contributed by atoms with Crippen molar-refractivity contribution in [3.05, 3.63) is 23.8 Å². The molecule has 0 aromatic carbocycles. The second kappa shape index (κ2) is 1.95. The van der Waals surface area contributed by atoms with Crippen LogP contribution in [0.5, 0.6) is 0 Å². The quantitative estimate of drug-likeness (QED) is 0.463. The summed E-state index contributed by atoms with van der Waals surface area (Å²) in [5.74, 6) is 0.0648. The Bertz CT molecular complexity index is 154. The van der Waals surface area contributed by atoms with E-state index in [0.29, 0.717) is 0 Å². The predicted octanol–water partition coefficient (Wildman–Crippen LogP) is 1.32. The molecule has 0 N–H and O–H groups in total. The number of carbonyl (C=O) groups is 1. The van der Waals surface area contributed by atoms with Crippen LogP contribution in [0.25, 0.3) is 0 Å². The molecule has 1 nitrogen and oxygen atoms in total. The molecule has 1 rings (SSSR count). The molecule has 1 aliphatic carbocycles. The molecule has 1 heteroatoms. The monoisotopic (exact) mass is 108 g/mol. The van der Waals surface area contributed by atoms with Gasteiger partial charge in [-0.1, -0.05) is 23.8 Å². The third-order valence-corrected chi connectivity index (χ3v) is 1.35. The van der Waals surface area contributed by atoms with Gasteiger partial charge in [-0.2, -0.15) is 0 Å². The molecule has 1 unspecified atom stereocenters. The van der Waals surface area contributed by atoms with Crippen molar-refractivity contribution in [1.82, 2.24) is 0 Å². The lowest BCUT2D eigenvalue weighted by Crippen LogP contribution is -1.94. The van der Waals surface area contributed by atoms with Crippen molar-refractivity contribution in [3.63, 3.8) is 0 Å². The summed E-state index contributed by atoms with van der Waals surface area (Å²) in [5, 5.41) is 0. The second-order valence-electron chi connectivity index (χ2n) is 1.96. The highest BCUT2D eigenvalue weighted by Crippen LogP contribution is 2.14. The van der Waals surface area contributed by atoms with E-state index in [0.717, 1.165) is 11.9 Å². The number of hydrogen-bond donors (Lipinski definition) is 0. The fourth-order valence-corrected chi connectivity index (χ4v) is 0.743. The van der Waals surface area contributed by atoms with Gasteiger partial charge < -0.3 is 4.79 Å². The SMILES string of the molecule is CC1=CC=CC1C=O. The van der Waals surface area contributed by atoms with Crippen molar-refractivity contribution in [1.29, 1.82) is 0 Å². The molecule has 0 amide bonds. The zero-order valence-electron chi connectivity index (χ0n) is 4.79. The summed E-state index contributed by atoms with van der Waals surface area (Å²) in [7, 11) is 0. The van der Waals surface area contributed by atoms with Crippen LogP contribution < -0.4 is 0 Å². The van der Waals surface area contributed by atoms with Gasteiger partial charge >= 0.3 is 0 Å². The summed E-state index contributed by atoms with van der Waals surface area (Å²) >= 11 is 0. The van der Waals surface area contributed by atoms with E-state index in [4.69, 9.17) is 0 Å². The maximum atomic E-state index is 10.1. The van der Waals surface area contributed by atoms with E-state index in [1.54, 1.807) is 0 Å². The fourth-order valence-electron chi connectivity index (χ4n) is 0.743. The molecule has 0 saturated carbocycles. The minimum Gasteiger partial charge on any atom is -0.302 e. The molecule has 0 aliphatic heterocycles. The van der Waals surface area contributed by atoms with Gasteiger partial charge in [0.05, 0.1) is 5.92 Å². The minimum atomic E-state index is 0.0648. The zero-order valence-corrected chi connectivity index (χ0v) is 4.79. The molecule has 0 saturated heterocycles. The largest absolute Gasteiger partial charge is 0.302 e. The summed E-state index contributed by atoms with van der Waals surface area (Å²) in [6.45, 7) is 1.96. The van der Waals surface area contributed by atoms with Gasteiger partial charge in [-0.25, -0.2) is 0 Å². The van der Waals surface area contributed by atoms with Gasteiger partial charge in [0, 0.05) is 0 Å². The first-order valence-electron chi connectivity index (χ1n) is 2.65. The number of aldehydes is 1. The number of carbonyl (C=O) groups excluding carboxylic acids is 1.